The minimum Gasteiger partial charge on any atom is -0.358 e. The summed E-state index contributed by atoms with van der Waals surface area (Å²) >= 11 is 3.55. The lowest BCUT2D eigenvalue weighted by Crippen LogP contribution is -2.55. The van der Waals surface area contributed by atoms with Crippen molar-refractivity contribution in [1.29, 1.82) is 0 Å². The average molecular weight is 538 g/mol. The molecular weight excluding hydrogens is 504 g/mol. The van der Waals surface area contributed by atoms with Gasteiger partial charge in [-0.1, -0.05) is 42.2 Å². The summed E-state index contributed by atoms with van der Waals surface area (Å²) < 4.78 is 4.22. The second-order valence-electron chi connectivity index (χ2n) is 9.00. The molecule has 0 unspecified atom stereocenters. The van der Waals surface area contributed by atoms with Crippen molar-refractivity contribution in [1.82, 2.24) is 14.3 Å². The topological polar surface area (TPSA) is 50.5 Å². The van der Waals surface area contributed by atoms with E-state index in [2.05, 4.69) is 49.7 Å². The van der Waals surface area contributed by atoms with E-state index in [0.717, 1.165) is 43.9 Å². The van der Waals surface area contributed by atoms with Crippen molar-refractivity contribution < 1.29 is 4.79 Å². The van der Waals surface area contributed by atoms with Gasteiger partial charge in [0.05, 0.1) is 5.69 Å². The fourth-order valence-electron chi connectivity index (χ4n) is 5.26. The first kappa shape index (κ1) is 25.3. The smallest absolute Gasteiger partial charge is 0.285 e. The van der Waals surface area contributed by atoms with Crippen LogP contribution in [0.25, 0.3) is 6.20 Å². The van der Waals surface area contributed by atoms with Crippen LogP contribution in [0.1, 0.15) is 45.2 Å². The molecule has 2 aliphatic rings. The highest BCUT2D eigenvalue weighted by Gasteiger charge is 2.49. The van der Waals surface area contributed by atoms with E-state index in [1.54, 1.807) is 17.0 Å². The lowest BCUT2D eigenvalue weighted by Gasteiger charge is -2.44. The molecule has 2 saturated heterocycles. The molecule has 0 N–H and O–H groups in total. The molecule has 6 nitrogen and oxygen atoms in total. The quantitative estimate of drug-likeness (QED) is 0.397. The van der Waals surface area contributed by atoms with E-state index >= 15 is 0 Å². The highest BCUT2D eigenvalue weighted by Crippen LogP contribution is 2.39. The van der Waals surface area contributed by atoms with Gasteiger partial charge in [0.2, 0.25) is 0 Å². The van der Waals surface area contributed by atoms with Crippen LogP contribution in [0.4, 0.5) is 5.69 Å². The van der Waals surface area contributed by atoms with Gasteiger partial charge in [-0.2, -0.15) is 0 Å². The summed E-state index contributed by atoms with van der Waals surface area (Å²) in [5.41, 5.74) is 1.60. The number of piperidine rings is 1. The molecule has 0 atom stereocenters. The second-order valence-corrected chi connectivity index (χ2v) is 9.80. The van der Waals surface area contributed by atoms with Crippen LogP contribution in [0.5, 0.6) is 0 Å². The van der Waals surface area contributed by atoms with Crippen molar-refractivity contribution in [3.63, 3.8) is 0 Å². The number of nitrogens with zero attached hydrogens (tertiary/aromatic N) is 4. The maximum atomic E-state index is 13.0. The van der Waals surface area contributed by atoms with E-state index in [-0.39, 0.29) is 5.56 Å². The SMILES string of the molecule is C/C=C\CC#C/C=C/n1c(=O)c(Br)c(CN2CCC3(CC2)C(=O)CCN3c2ccccc2)n1CC. The standard InChI is InChI=1S/C28H33BrN4O2/c1-3-5-6-7-8-12-18-33-27(35)26(29)24(32(33)4-2)22-30-20-16-28(17-21-30)25(34)15-19-31(28)23-13-10-9-11-14-23/h3,5,9-14,18H,4,6,15-17,19-22H2,1-2H3/b5-3-,18-12+. The molecule has 3 heterocycles. The van der Waals surface area contributed by atoms with E-state index < -0.39 is 5.54 Å². The van der Waals surface area contributed by atoms with Gasteiger partial charge >= 0.3 is 0 Å². The number of hydrogen-bond acceptors (Lipinski definition) is 4. The zero-order chi connectivity index (χ0) is 24.8. The number of carbonyl (C=O) groups is 1. The molecule has 0 amide bonds. The van der Waals surface area contributed by atoms with Crippen molar-refractivity contribution in [2.24, 2.45) is 0 Å². The number of halogens is 1. The molecular formula is C28H33BrN4O2. The van der Waals surface area contributed by atoms with Crippen molar-refractivity contribution in [2.45, 2.75) is 58.2 Å². The Morgan fingerprint density at radius 3 is 2.54 bits per heavy atom. The van der Waals surface area contributed by atoms with Crippen molar-refractivity contribution in [3.8, 4) is 11.8 Å². The number of para-hydroxylation sites is 1. The number of aromatic nitrogens is 2. The summed E-state index contributed by atoms with van der Waals surface area (Å²) in [4.78, 5) is 30.7. The van der Waals surface area contributed by atoms with Gasteiger partial charge in [0.15, 0.2) is 5.78 Å². The molecule has 0 radical (unpaired) electrons. The van der Waals surface area contributed by atoms with Gasteiger partial charge in [0, 0.05) is 63.5 Å². The Morgan fingerprint density at radius 2 is 1.86 bits per heavy atom. The molecule has 4 rings (SSSR count). The summed E-state index contributed by atoms with van der Waals surface area (Å²) in [5.74, 6) is 6.39. The van der Waals surface area contributed by atoms with Gasteiger partial charge < -0.3 is 4.90 Å². The van der Waals surface area contributed by atoms with E-state index in [0.29, 0.717) is 36.2 Å². The Bertz CT molecular complexity index is 1220. The van der Waals surface area contributed by atoms with E-state index in [1.165, 1.54) is 0 Å². The van der Waals surface area contributed by atoms with Gasteiger partial charge in [-0.25, -0.2) is 4.68 Å². The van der Waals surface area contributed by atoms with Crippen LogP contribution in [0.3, 0.4) is 0 Å². The molecule has 2 aliphatic heterocycles. The van der Waals surface area contributed by atoms with Gasteiger partial charge in [0.1, 0.15) is 10.0 Å². The maximum absolute atomic E-state index is 13.0. The molecule has 1 aromatic carbocycles. The zero-order valence-electron chi connectivity index (χ0n) is 20.5. The molecule has 2 aromatic rings. The van der Waals surface area contributed by atoms with Crippen molar-refractivity contribution >= 4 is 33.6 Å². The second kappa shape index (κ2) is 11.3. The average Bonchev–Trinajstić information content (AvgIpc) is 3.31. The number of Topliss-reactive ketones (excluding diaryl/α,β-unsaturated/α-hetero) is 1. The number of benzene rings is 1. The minimum atomic E-state index is -0.403. The molecule has 1 aromatic heterocycles. The third-order valence-electron chi connectivity index (χ3n) is 7.10. The van der Waals surface area contributed by atoms with Crippen molar-refractivity contribution in [2.75, 3.05) is 24.5 Å². The zero-order valence-corrected chi connectivity index (χ0v) is 22.1. The highest BCUT2D eigenvalue weighted by molar-refractivity contribution is 9.10. The molecule has 2 fully saturated rings. The fraction of sp³-hybridized carbons (Fsp3) is 0.429. The molecule has 7 heteroatoms. The molecule has 0 bridgehead atoms. The van der Waals surface area contributed by atoms with Gasteiger partial charge in [-0.15, -0.1) is 0 Å². The van der Waals surface area contributed by atoms with Crippen LogP contribution >= 0.6 is 15.9 Å². The van der Waals surface area contributed by atoms with Gasteiger partial charge in [-0.3, -0.25) is 19.2 Å². The van der Waals surface area contributed by atoms with Crippen LogP contribution < -0.4 is 10.5 Å². The molecule has 1 spiro atoms. The Hall–Kier alpha value is -2.82. The Balaban J connectivity index is 1.49. The summed E-state index contributed by atoms with van der Waals surface area (Å²) in [6, 6.07) is 10.3. The molecule has 0 aliphatic carbocycles. The van der Waals surface area contributed by atoms with Crippen LogP contribution in [0.2, 0.25) is 0 Å². The summed E-state index contributed by atoms with van der Waals surface area (Å²) in [7, 11) is 0. The van der Waals surface area contributed by atoms with E-state index in [9.17, 15) is 9.59 Å². The highest BCUT2D eigenvalue weighted by atomic mass is 79.9. The molecule has 35 heavy (non-hydrogen) atoms. The van der Waals surface area contributed by atoms with Crippen LogP contribution in [0, 0.1) is 11.8 Å². The Morgan fingerprint density at radius 1 is 1.11 bits per heavy atom. The normalized spacial score (nSPS) is 18.1. The number of hydrogen-bond donors (Lipinski definition) is 0. The van der Waals surface area contributed by atoms with Crippen molar-refractivity contribution in [3.05, 3.63) is 69.1 Å². The maximum Gasteiger partial charge on any atom is 0.285 e. The minimum absolute atomic E-state index is 0.0805. The van der Waals surface area contributed by atoms with Gasteiger partial charge in [0.25, 0.3) is 5.56 Å². The Labute approximate surface area is 216 Å². The first-order valence-electron chi connectivity index (χ1n) is 12.4. The van der Waals surface area contributed by atoms with Crippen LogP contribution in [-0.4, -0.2) is 45.2 Å². The molecule has 0 saturated carbocycles. The monoisotopic (exact) mass is 536 g/mol. The lowest BCUT2D eigenvalue weighted by atomic mass is 9.83. The molecule has 184 valence electrons. The summed E-state index contributed by atoms with van der Waals surface area (Å²) in [5, 5.41) is 0. The number of carbonyl (C=O) groups excluding carboxylic acids is 1. The lowest BCUT2D eigenvalue weighted by molar-refractivity contribution is -0.123. The van der Waals surface area contributed by atoms with Crippen LogP contribution in [-0.2, 0) is 17.9 Å². The Kier molecular flexibility index (Phi) is 8.15. The fourth-order valence-corrected chi connectivity index (χ4v) is 5.77. The van der Waals surface area contributed by atoms with E-state index in [1.807, 2.05) is 48.9 Å². The van der Waals surface area contributed by atoms with Crippen LogP contribution in [0.15, 0.2) is 57.8 Å². The van der Waals surface area contributed by atoms with Gasteiger partial charge in [-0.05, 0) is 54.8 Å². The summed E-state index contributed by atoms with van der Waals surface area (Å²) in [6.07, 6.45) is 10.3. The largest absolute Gasteiger partial charge is 0.358 e. The summed E-state index contributed by atoms with van der Waals surface area (Å²) in [6.45, 7) is 7.76. The third-order valence-corrected chi connectivity index (χ3v) is 7.90. The number of likely N-dealkylation sites (tertiary alicyclic amines) is 1. The third kappa shape index (κ3) is 5.10. The number of ketones is 1. The number of rotatable bonds is 6. The predicted molar refractivity (Wildman–Crippen MR) is 145 cm³/mol. The first-order chi connectivity index (χ1) is 17.0. The first-order valence-corrected chi connectivity index (χ1v) is 13.2. The number of allylic oxidation sites excluding steroid dienone is 3. The number of anilines is 1. The predicted octanol–water partition coefficient (Wildman–Crippen LogP) is 4.69. The van der Waals surface area contributed by atoms with E-state index in [4.69, 9.17) is 0 Å².